The van der Waals surface area contributed by atoms with Crippen LogP contribution in [0, 0.1) is 0 Å². The number of hydrogen-bond acceptors (Lipinski definition) is 14. The van der Waals surface area contributed by atoms with Gasteiger partial charge in [-0.1, -0.05) is 125 Å². The number of fused-ring (bicyclic) bond motifs is 2. The molecule has 0 bridgehead atoms. The fourth-order valence-electron chi connectivity index (χ4n) is 10.9. The third-order valence-electron chi connectivity index (χ3n) is 15.4. The lowest BCUT2D eigenvalue weighted by Crippen LogP contribution is -2.61. The topological polar surface area (TPSA) is 394 Å². The van der Waals surface area contributed by atoms with E-state index in [9.17, 15) is 67.7 Å². The number of hydrogen-bond donors (Lipinski definition) is 10. The van der Waals surface area contributed by atoms with Crippen LogP contribution >= 0.6 is 0 Å². The van der Waals surface area contributed by atoms with Crippen LogP contribution < -0.4 is 43.4 Å². The van der Waals surface area contributed by atoms with E-state index in [1.807, 2.05) is 0 Å². The van der Waals surface area contributed by atoms with Crippen LogP contribution in [0.3, 0.4) is 0 Å². The molecule has 0 saturated carbocycles. The number of benzene rings is 2. The number of primary amides is 2. The van der Waals surface area contributed by atoms with Crippen LogP contribution in [0.2, 0.25) is 0 Å². The van der Waals surface area contributed by atoms with Gasteiger partial charge in [0, 0.05) is 25.7 Å². The summed E-state index contributed by atoms with van der Waals surface area (Å²) in [6.07, 6.45) is 9.96. The molecule has 4 aliphatic heterocycles. The van der Waals surface area contributed by atoms with Crippen LogP contribution in [0.5, 0.6) is 0 Å². The summed E-state index contributed by atoms with van der Waals surface area (Å²) in [6, 6.07) is 7.20. The van der Waals surface area contributed by atoms with Crippen molar-refractivity contribution in [2.75, 3.05) is 13.2 Å². The van der Waals surface area contributed by atoms with E-state index in [1.54, 1.807) is 60.7 Å². The zero-order valence-electron chi connectivity index (χ0n) is 47.2. The number of aliphatic carboxylic acids is 2. The second kappa shape index (κ2) is 32.7. The Labute approximate surface area is 487 Å². The smallest absolute Gasteiger partial charge is 0.326 e. The molecule has 10 amide bonds. The second-order valence-corrected chi connectivity index (χ2v) is 21.9. The predicted octanol–water partition coefficient (Wildman–Crippen LogP) is 0.457. The lowest BCUT2D eigenvalue weighted by Gasteiger charge is -2.36. The number of carbonyl (C=O) groups excluding carboxylic acids is 10. The minimum Gasteiger partial charge on any atom is -0.480 e. The standard InChI is InChI=1S/C58H80N10O16/c59-45(69)31-39(51(73)65-41(57(79)80)29-35-19-13-11-14-20-35)63-53(75)43-33-83-49-27-25-37(55(77)67(43)49)61-47(71)23-17-9-7-5-3-1-2-4-6-8-10-18-24-48(72)62-38-26-28-50-68(56(38)78)44(34-84-50)54(76)64-40(32-46(60)70)52(74)66-42(58(81)82)30-36-21-15-12-16-22-36/h11-16,19-22,37-44,49-50H,1-10,17-18,23-34H2,(H2,59,69)(H2,60,70)(H,61,71)(H,62,72)(H,63,75)(H,64,76)(H,65,73)(H,66,74)(H,79,80)(H,81,82)/t37-,38-,39-,40-,41-,42-,43-,44-,49-,50-/m0/s1. The second-order valence-electron chi connectivity index (χ2n) is 21.9. The maximum atomic E-state index is 13.7. The first kappa shape index (κ1) is 65.2. The van der Waals surface area contributed by atoms with Gasteiger partial charge in [-0.25, -0.2) is 9.59 Å². The maximum Gasteiger partial charge on any atom is 0.326 e. The molecule has 4 aliphatic rings. The zero-order chi connectivity index (χ0) is 60.7. The molecule has 0 aromatic heterocycles. The predicted molar refractivity (Wildman–Crippen MR) is 299 cm³/mol. The van der Waals surface area contributed by atoms with Gasteiger partial charge in [-0.05, 0) is 49.7 Å². The third-order valence-corrected chi connectivity index (χ3v) is 15.4. The number of nitrogens with two attached hydrogens (primary N) is 2. The van der Waals surface area contributed by atoms with Crippen molar-refractivity contribution >= 4 is 71.0 Å². The summed E-state index contributed by atoms with van der Waals surface area (Å²) in [4.78, 5) is 157. The van der Waals surface area contributed by atoms with E-state index in [1.165, 1.54) is 9.80 Å². The normalized spacial score (nSPS) is 21.3. The van der Waals surface area contributed by atoms with Crippen molar-refractivity contribution < 1.29 is 77.2 Å². The van der Waals surface area contributed by atoms with Gasteiger partial charge in [0.15, 0.2) is 0 Å². The SMILES string of the molecule is NC(=O)C[C@H](NC(=O)[C@@H]1CO[C@H]2CC[C@H](NC(=O)CCCCCCCCCCCCCCC(=O)N[C@H]3CC[C@@H]4OC[C@@H](C(=O)N[C@@H](CC(N)=O)C(=O)N[C@@H](Cc5ccccc5)C(=O)O)N4C3=O)C(=O)N21)C(=O)N[C@@H](Cc1ccccc1)C(=O)O. The van der Waals surface area contributed by atoms with Gasteiger partial charge in [-0.15, -0.1) is 0 Å². The van der Waals surface area contributed by atoms with E-state index in [0.717, 1.165) is 64.2 Å². The van der Waals surface area contributed by atoms with E-state index in [0.29, 0.717) is 49.7 Å². The Morgan fingerprint density at radius 2 is 0.810 bits per heavy atom. The summed E-state index contributed by atoms with van der Waals surface area (Å²) >= 11 is 0. The Morgan fingerprint density at radius 1 is 0.476 bits per heavy atom. The van der Waals surface area contributed by atoms with Gasteiger partial charge in [0.05, 0.1) is 26.1 Å². The van der Waals surface area contributed by atoms with Crippen LogP contribution in [0.15, 0.2) is 60.7 Å². The molecule has 4 heterocycles. The zero-order valence-corrected chi connectivity index (χ0v) is 47.2. The molecule has 6 rings (SSSR count). The van der Waals surface area contributed by atoms with Gasteiger partial charge in [-0.2, -0.15) is 0 Å². The van der Waals surface area contributed by atoms with Crippen molar-refractivity contribution in [1.29, 1.82) is 0 Å². The highest BCUT2D eigenvalue weighted by Crippen LogP contribution is 2.30. The molecular weight excluding hydrogens is 1090 g/mol. The van der Waals surface area contributed by atoms with Crippen LogP contribution in [0.1, 0.15) is 140 Å². The molecule has 10 atom stereocenters. The first-order chi connectivity index (χ1) is 40.3. The highest BCUT2D eigenvalue weighted by atomic mass is 16.5. The molecule has 458 valence electrons. The van der Waals surface area contributed by atoms with Gasteiger partial charge in [-0.3, -0.25) is 47.9 Å². The number of unbranched alkanes of at least 4 members (excludes halogenated alkanes) is 11. The summed E-state index contributed by atoms with van der Waals surface area (Å²) in [5.74, 6) is -9.61. The number of ether oxygens (including phenoxy) is 2. The molecule has 2 aromatic carbocycles. The van der Waals surface area contributed by atoms with Crippen molar-refractivity contribution in [2.24, 2.45) is 11.5 Å². The molecule has 12 N–H and O–H groups in total. The fourth-order valence-corrected chi connectivity index (χ4v) is 10.9. The van der Waals surface area contributed by atoms with Gasteiger partial charge in [0.2, 0.25) is 59.1 Å². The summed E-state index contributed by atoms with van der Waals surface area (Å²) < 4.78 is 11.5. The average Bonchev–Trinajstić information content (AvgIpc) is 3.40. The monoisotopic (exact) mass is 1170 g/mol. The van der Waals surface area contributed by atoms with Gasteiger partial charge < -0.3 is 72.9 Å². The number of rotatable bonds is 35. The molecule has 2 aromatic rings. The highest BCUT2D eigenvalue weighted by molar-refractivity contribution is 5.99. The lowest BCUT2D eigenvalue weighted by molar-refractivity contribution is -0.150. The molecule has 0 aliphatic carbocycles. The molecule has 0 spiro atoms. The summed E-state index contributed by atoms with van der Waals surface area (Å²) in [5.41, 5.74) is 12.0. The first-order valence-electron chi connectivity index (χ1n) is 29.1. The highest BCUT2D eigenvalue weighted by Gasteiger charge is 2.50. The maximum absolute atomic E-state index is 13.7. The van der Waals surface area contributed by atoms with Gasteiger partial charge >= 0.3 is 11.9 Å². The van der Waals surface area contributed by atoms with Crippen molar-refractivity contribution in [3.05, 3.63) is 71.8 Å². The molecule has 4 fully saturated rings. The van der Waals surface area contributed by atoms with Crippen molar-refractivity contribution in [2.45, 2.75) is 202 Å². The third kappa shape index (κ3) is 19.8. The Morgan fingerprint density at radius 3 is 1.13 bits per heavy atom. The van der Waals surface area contributed by atoms with E-state index in [-0.39, 0.29) is 50.7 Å². The molecule has 26 heteroatoms. The quantitative estimate of drug-likeness (QED) is 0.0419. The number of amides is 10. The Kier molecular flexibility index (Phi) is 25.4. The van der Waals surface area contributed by atoms with Crippen LogP contribution in [-0.2, 0) is 79.8 Å². The number of nitrogens with one attached hydrogen (secondary N) is 6. The Hall–Kier alpha value is -8.00. The number of piperidine rings is 2. The summed E-state index contributed by atoms with van der Waals surface area (Å²) in [7, 11) is 0. The number of nitrogens with zero attached hydrogens (tertiary/aromatic N) is 2. The van der Waals surface area contributed by atoms with E-state index in [4.69, 9.17) is 20.9 Å². The minimum atomic E-state index is -1.53. The van der Waals surface area contributed by atoms with Gasteiger partial charge in [0.25, 0.3) is 0 Å². The molecule has 4 saturated heterocycles. The van der Waals surface area contributed by atoms with E-state index in [2.05, 4.69) is 31.9 Å². The fraction of sp³-hybridized carbons (Fsp3) is 0.586. The van der Waals surface area contributed by atoms with Crippen LogP contribution in [-0.4, -0.2) is 165 Å². The Balaban J connectivity index is 0.799. The van der Waals surface area contributed by atoms with Crippen molar-refractivity contribution in [3.8, 4) is 0 Å². The Bertz CT molecular complexity index is 2470. The summed E-state index contributed by atoms with van der Waals surface area (Å²) in [6.45, 7) is -0.390. The largest absolute Gasteiger partial charge is 0.480 e. The van der Waals surface area contributed by atoms with E-state index >= 15 is 0 Å². The molecule has 0 radical (unpaired) electrons. The number of carboxylic acid groups (broad SMARTS) is 2. The van der Waals surface area contributed by atoms with Crippen LogP contribution in [0.4, 0.5) is 0 Å². The summed E-state index contributed by atoms with van der Waals surface area (Å²) in [5, 5.41) is 34.8. The molecule has 0 unspecified atom stereocenters. The first-order valence-corrected chi connectivity index (χ1v) is 29.1. The van der Waals surface area contributed by atoms with Crippen molar-refractivity contribution in [3.63, 3.8) is 0 Å². The van der Waals surface area contributed by atoms with Crippen LogP contribution in [0.25, 0.3) is 0 Å². The average molecular weight is 1170 g/mol. The molecule has 84 heavy (non-hydrogen) atoms. The number of carbonyl (C=O) groups is 12. The van der Waals surface area contributed by atoms with Crippen molar-refractivity contribution in [1.82, 2.24) is 41.7 Å². The molecular formula is C58H80N10O16. The van der Waals surface area contributed by atoms with E-state index < -0.39 is 133 Å². The minimum absolute atomic E-state index is 0.0591. The molecule has 26 nitrogen and oxygen atoms in total. The van der Waals surface area contributed by atoms with Gasteiger partial charge in [0.1, 0.15) is 60.8 Å². The number of carboxylic acids is 2. The lowest BCUT2D eigenvalue weighted by atomic mass is 10.0.